The van der Waals surface area contributed by atoms with Gasteiger partial charge in [-0.1, -0.05) is 198 Å². The van der Waals surface area contributed by atoms with Gasteiger partial charge in [-0.25, -0.2) is 0 Å². The maximum Gasteiger partial charge on any atom is 0.306 e. The number of hydrogen-bond donors (Lipinski definition) is 1. The number of hydrogen-bond acceptors (Lipinski definition) is 5. The third-order valence-electron chi connectivity index (χ3n) is 9.69. The average Bonchev–Trinajstić information content (AvgIpc) is 3.13. The highest BCUT2D eigenvalue weighted by Crippen LogP contribution is 2.15. The van der Waals surface area contributed by atoms with E-state index in [0.29, 0.717) is 12.8 Å². The third kappa shape index (κ3) is 40.7. The Bertz CT molecular complexity index is 816. The van der Waals surface area contributed by atoms with Crippen LogP contribution in [-0.4, -0.2) is 36.4 Å². The summed E-state index contributed by atoms with van der Waals surface area (Å²) in [6.45, 7) is 4.11. The van der Waals surface area contributed by atoms with Gasteiger partial charge in [0.1, 0.15) is 6.61 Å². The Balaban J connectivity index is 3.54. The molecule has 0 radical (unpaired) electrons. The lowest BCUT2D eigenvalue weighted by Crippen LogP contribution is -2.28. The number of unbranched alkanes of at least 4 members (excludes halogenated alkanes) is 26. The molecule has 0 saturated carbocycles. The van der Waals surface area contributed by atoms with Gasteiger partial charge >= 0.3 is 11.9 Å². The van der Waals surface area contributed by atoms with Crippen LogP contribution >= 0.6 is 0 Å². The van der Waals surface area contributed by atoms with E-state index in [2.05, 4.69) is 50.3 Å². The first kappa shape index (κ1) is 49.1. The number of rotatable bonds is 40. The summed E-state index contributed by atoms with van der Waals surface area (Å²) in [5, 5.41) is 9.58. The molecule has 1 atom stereocenters. The molecule has 5 heteroatoms. The molecule has 298 valence electrons. The van der Waals surface area contributed by atoms with Crippen LogP contribution in [0.15, 0.2) is 36.5 Å². The number of allylic oxidation sites excluding steroid dienone is 6. The summed E-state index contributed by atoms with van der Waals surface area (Å²) < 4.78 is 10.6. The molecular weight excluding hydrogens is 633 g/mol. The van der Waals surface area contributed by atoms with E-state index < -0.39 is 6.10 Å². The predicted octanol–water partition coefficient (Wildman–Crippen LogP) is 14.0. The Morgan fingerprint density at radius 1 is 0.451 bits per heavy atom. The normalized spacial score (nSPS) is 12.5. The van der Waals surface area contributed by atoms with Gasteiger partial charge in [0.05, 0.1) is 6.61 Å². The maximum atomic E-state index is 12.2. The molecule has 0 heterocycles. The van der Waals surface area contributed by atoms with Gasteiger partial charge in [-0.3, -0.25) is 9.59 Å². The van der Waals surface area contributed by atoms with E-state index in [1.807, 2.05) is 0 Å². The van der Waals surface area contributed by atoms with E-state index >= 15 is 0 Å². The Morgan fingerprint density at radius 2 is 0.784 bits per heavy atom. The van der Waals surface area contributed by atoms with Crippen LogP contribution in [-0.2, 0) is 19.1 Å². The fraction of sp³-hybridized carbons (Fsp3) is 0.826. The molecule has 0 bridgehead atoms. The van der Waals surface area contributed by atoms with E-state index in [0.717, 1.165) is 64.2 Å². The van der Waals surface area contributed by atoms with Gasteiger partial charge < -0.3 is 14.6 Å². The molecular formula is C46H84O5. The first-order chi connectivity index (χ1) is 25.1. The van der Waals surface area contributed by atoms with Crippen LogP contribution in [0.3, 0.4) is 0 Å². The zero-order chi connectivity index (χ0) is 37.1. The van der Waals surface area contributed by atoms with Crippen molar-refractivity contribution >= 4 is 11.9 Å². The van der Waals surface area contributed by atoms with Gasteiger partial charge in [-0.05, 0) is 51.4 Å². The van der Waals surface area contributed by atoms with Gasteiger partial charge in [-0.2, -0.15) is 0 Å². The monoisotopic (exact) mass is 717 g/mol. The molecule has 0 aromatic rings. The topological polar surface area (TPSA) is 72.8 Å². The van der Waals surface area contributed by atoms with Crippen LogP contribution in [0.4, 0.5) is 0 Å². The van der Waals surface area contributed by atoms with Crippen molar-refractivity contribution in [2.75, 3.05) is 13.2 Å². The van der Waals surface area contributed by atoms with Crippen molar-refractivity contribution in [2.45, 2.75) is 232 Å². The molecule has 0 aliphatic carbocycles. The smallest absolute Gasteiger partial charge is 0.306 e. The second-order valence-electron chi connectivity index (χ2n) is 14.8. The zero-order valence-electron chi connectivity index (χ0n) is 33.9. The third-order valence-corrected chi connectivity index (χ3v) is 9.69. The Hall–Kier alpha value is -1.88. The number of ether oxygens (including phenoxy) is 2. The maximum absolute atomic E-state index is 12.2. The summed E-state index contributed by atoms with van der Waals surface area (Å²) in [6.07, 6.45) is 52.1. The summed E-state index contributed by atoms with van der Waals surface area (Å²) in [7, 11) is 0. The molecule has 0 saturated heterocycles. The lowest BCUT2D eigenvalue weighted by Gasteiger charge is -2.15. The number of carbonyl (C=O) groups is 2. The Labute approximate surface area is 316 Å². The molecule has 0 aromatic carbocycles. The van der Waals surface area contributed by atoms with Crippen molar-refractivity contribution in [3.63, 3.8) is 0 Å². The zero-order valence-corrected chi connectivity index (χ0v) is 33.9. The summed E-state index contributed by atoms with van der Waals surface area (Å²) in [6, 6.07) is 0. The van der Waals surface area contributed by atoms with E-state index in [1.54, 1.807) is 0 Å². The molecule has 0 unspecified atom stereocenters. The number of carbonyl (C=O) groups excluding carboxylic acids is 2. The molecule has 0 amide bonds. The van der Waals surface area contributed by atoms with Gasteiger partial charge in [0.15, 0.2) is 6.10 Å². The Morgan fingerprint density at radius 3 is 1.22 bits per heavy atom. The highest BCUT2D eigenvalue weighted by Gasteiger charge is 2.16. The molecule has 1 N–H and O–H groups in total. The number of aliphatic hydroxyl groups is 1. The standard InChI is InChI=1S/C46H84O5/c1-3-5-7-9-11-13-15-17-19-21-22-23-25-26-28-30-32-34-36-38-40-45(48)50-43-44(42-47)51-46(49)41-39-37-35-33-31-29-27-24-20-18-16-14-12-10-8-6-4-2/h12,14,18,20,27,29,44,47H,3-11,13,15-17,19,21-26,28,30-43H2,1-2H3/b14-12+,20-18+,29-27+/t44-/m0/s1. The molecule has 51 heavy (non-hydrogen) atoms. The molecule has 5 nitrogen and oxygen atoms in total. The van der Waals surface area contributed by atoms with Crippen molar-refractivity contribution in [1.29, 1.82) is 0 Å². The van der Waals surface area contributed by atoms with E-state index in [1.165, 1.54) is 135 Å². The predicted molar refractivity (Wildman–Crippen MR) is 219 cm³/mol. The summed E-state index contributed by atoms with van der Waals surface area (Å²) in [4.78, 5) is 24.3. The fourth-order valence-electron chi connectivity index (χ4n) is 6.33. The molecule has 0 fully saturated rings. The van der Waals surface area contributed by atoms with Crippen LogP contribution < -0.4 is 0 Å². The van der Waals surface area contributed by atoms with Crippen LogP contribution in [0.5, 0.6) is 0 Å². The average molecular weight is 717 g/mol. The summed E-state index contributed by atoms with van der Waals surface area (Å²) in [5.41, 5.74) is 0. The minimum atomic E-state index is -0.780. The van der Waals surface area contributed by atoms with E-state index in [-0.39, 0.29) is 25.2 Å². The molecule has 0 spiro atoms. The minimum absolute atomic E-state index is 0.0719. The summed E-state index contributed by atoms with van der Waals surface area (Å²) in [5.74, 6) is -0.607. The lowest BCUT2D eigenvalue weighted by molar-refractivity contribution is -0.161. The van der Waals surface area contributed by atoms with Crippen molar-refractivity contribution < 1.29 is 24.2 Å². The van der Waals surface area contributed by atoms with Crippen LogP contribution in [0.2, 0.25) is 0 Å². The molecule has 0 aromatic heterocycles. The quantitative estimate of drug-likeness (QED) is 0.0388. The van der Waals surface area contributed by atoms with Crippen LogP contribution in [0.25, 0.3) is 0 Å². The fourth-order valence-corrected chi connectivity index (χ4v) is 6.33. The van der Waals surface area contributed by atoms with Crippen molar-refractivity contribution in [3.05, 3.63) is 36.5 Å². The number of aliphatic hydroxyl groups excluding tert-OH is 1. The van der Waals surface area contributed by atoms with Crippen LogP contribution in [0, 0.1) is 0 Å². The minimum Gasteiger partial charge on any atom is -0.462 e. The van der Waals surface area contributed by atoms with Crippen molar-refractivity contribution in [3.8, 4) is 0 Å². The van der Waals surface area contributed by atoms with Crippen molar-refractivity contribution in [1.82, 2.24) is 0 Å². The second kappa shape index (κ2) is 42.5. The van der Waals surface area contributed by atoms with Crippen molar-refractivity contribution in [2.24, 2.45) is 0 Å². The Kier molecular flexibility index (Phi) is 41.0. The molecule has 0 aliphatic rings. The SMILES string of the molecule is CCCCC/C=C/C/C=C/C/C=C/CCCCCCC(=O)O[C@@H](CO)COC(=O)CCCCCCCCCCCCCCCCCCCCCC. The van der Waals surface area contributed by atoms with Crippen LogP contribution in [0.1, 0.15) is 226 Å². The number of esters is 2. The molecule has 0 rings (SSSR count). The van der Waals surface area contributed by atoms with Gasteiger partial charge in [0, 0.05) is 12.8 Å². The highest BCUT2D eigenvalue weighted by molar-refractivity contribution is 5.70. The van der Waals surface area contributed by atoms with E-state index in [4.69, 9.17) is 9.47 Å². The second-order valence-corrected chi connectivity index (χ2v) is 14.8. The van der Waals surface area contributed by atoms with E-state index in [9.17, 15) is 14.7 Å². The lowest BCUT2D eigenvalue weighted by atomic mass is 10.0. The first-order valence-corrected chi connectivity index (χ1v) is 22.0. The van der Waals surface area contributed by atoms with Gasteiger partial charge in [0.2, 0.25) is 0 Å². The highest BCUT2D eigenvalue weighted by atomic mass is 16.6. The first-order valence-electron chi connectivity index (χ1n) is 22.0. The van der Waals surface area contributed by atoms with Gasteiger partial charge in [0.25, 0.3) is 0 Å². The molecule has 0 aliphatic heterocycles. The summed E-state index contributed by atoms with van der Waals surface area (Å²) >= 11 is 0. The largest absolute Gasteiger partial charge is 0.462 e. The van der Waals surface area contributed by atoms with Gasteiger partial charge in [-0.15, -0.1) is 0 Å².